The van der Waals surface area contributed by atoms with Gasteiger partial charge in [-0.2, -0.15) is 0 Å². The van der Waals surface area contributed by atoms with Gasteiger partial charge in [-0.25, -0.2) is 8.42 Å². The lowest BCUT2D eigenvalue weighted by Crippen LogP contribution is -2.17. The van der Waals surface area contributed by atoms with Crippen LogP contribution in [-0.4, -0.2) is 28.5 Å². The number of ether oxygens (including phenoxy) is 2. The molecule has 0 unspecified atom stereocenters. The molecule has 3 rings (SSSR count). The van der Waals surface area contributed by atoms with Gasteiger partial charge in [0, 0.05) is 23.0 Å². The lowest BCUT2D eigenvalue weighted by Gasteiger charge is -2.13. The number of hydrogen-bond donors (Lipinski definition) is 2. The molecule has 1 amide bonds. The minimum atomic E-state index is -3.86. The topological polar surface area (TPSA) is 93.7 Å². The Bertz CT molecular complexity index is 1210. The van der Waals surface area contributed by atoms with Crippen molar-refractivity contribution in [1.29, 1.82) is 0 Å². The third-order valence-corrected chi connectivity index (χ3v) is 6.09. The largest absolute Gasteiger partial charge is 0.493 e. The molecule has 0 aromatic heterocycles. The number of aryl methyl sites for hydroxylation is 2. The number of hydrogen-bond acceptors (Lipinski definition) is 5. The molecule has 0 saturated heterocycles. The van der Waals surface area contributed by atoms with Gasteiger partial charge in [0.25, 0.3) is 15.9 Å². The van der Waals surface area contributed by atoms with E-state index in [0.717, 1.165) is 5.56 Å². The first-order valence-electron chi connectivity index (χ1n) is 9.47. The highest BCUT2D eigenvalue weighted by molar-refractivity contribution is 7.92. The van der Waals surface area contributed by atoms with Gasteiger partial charge < -0.3 is 14.8 Å². The highest BCUT2D eigenvalue weighted by Crippen LogP contribution is 2.30. The summed E-state index contributed by atoms with van der Waals surface area (Å²) >= 11 is 0. The van der Waals surface area contributed by atoms with Crippen LogP contribution in [0, 0.1) is 13.8 Å². The maximum absolute atomic E-state index is 12.9. The SMILES string of the molecule is COc1ccc(NC(=O)c2cc(S(=O)(=O)Nc3ccc(C)cc3)ccc2C)cc1OC. The van der Waals surface area contributed by atoms with Crippen LogP contribution >= 0.6 is 0 Å². The molecule has 0 saturated carbocycles. The zero-order valence-electron chi connectivity index (χ0n) is 17.7. The van der Waals surface area contributed by atoms with E-state index in [2.05, 4.69) is 10.0 Å². The molecule has 0 fully saturated rings. The fraction of sp³-hybridized carbons (Fsp3) is 0.174. The summed E-state index contributed by atoms with van der Waals surface area (Å²) in [6.45, 7) is 3.66. The molecule has 0 atom stereocenters. The first-order chi connectivity index (χ1) is 14.7. The molecule has 0 radical (unpaired) electrons. The summed E-state index contributed by atoms with van der Waals surface area (Å²) in [5.74, 6) is 0.569. The summed E-state index contributed by atoms with van der Waals surface area (Å²) in [5, 5.41) is 2.77. The molecular weight excluding hydrogens is 416 g/mol. The van der Waals surface area contributed by atoms with Crippen LogP contribution in [0.5, 0.6) is 11.5 Å². The fourth-order valence-corrected chi connectivity index (χ4v) is 4.05. The minimum absolute atomic E-state index is 0.00358. The fourth-order valence-electron chi connectivity index (χ4n) is 2.96. The minimum Gasteiger partial charge on any atom is -0.493 e. The first-order valence-corrected chi connectivity index (χ1v) is 11.0. The predicted octanol–water partition coefficient (Wildman–Crippen LogP) is 4.37. The molecule has 7 nitrogen and oxygen atoms in total. The van der Waals surface area contributed by atoms with Gasteiger partial charge in [-0.15, -0.1) is 0 Å². The Hall–Kier alpha value is -3.52. The summed E-state index contributed by atoms with van der Waals surface area (Å²) < 4.78 is 38.6. The van der Waals surface area contributed by atoms with E-state index in [0.29, 0.717) is 28.4 Å². The van der Waals surface area contributed by atoms with Gasteiger partial charge in [0.05, 0.1) is 19.1 Å². The van der Waals surface area contributed by atoms with Crippen LogP contribution in [0.15, 0.2) is 65.6 Å². The van der Waals surface area contributed by atoms with Crippen molar-refractivity contribution in [1.82, 2.24) is 0 Å². The third kappa shape index (κ3) is 5.16. The van der Waals surface area contributed by atoms with Crippen molar-refractivity contribution in [3.8, 4) is 11.5 Å². The lowest BCUT2D eigenvalue weighted by molar-refractivity contribution is 0.102. The summed E-state index contributed by atoms with van der Waals surface area (Å²) in [4.78, 5) is 12.9. The Balaban J connectivity index is 1.86. The van der Waals surface area contributed by atoms with Crippen LogP contribution in [0.1, 0.15) is 21.5 Å². The Labute approximate surface area is 182 Å². The van der Waals surface area contributed by atoms with Crippen molar-refractivity contribution < 1.29 is 22.7 Å². The second-order valence-electron chi connectivity index (χ2n) is 6.97. The zero-order chi connectivity index (χ0) is 22.6. The van der Waals surface area contributed by atoms with Crippen LogP contribution in [0.3, 0.4) is 0 Å². The zero-order valence-corrected chi connectivity index (χ0v) is 18.5. The maximum atomic E-state index is 12.9. The van der Waals surface area contributed by atoms with Crippen molar-refractivity contribution in [2.75, 3.05) is 24.3 Å². The van der Waals surface area contributed by atoms with E-state index < -0.39 is 15.9 Å². The summed E-state index contributed by atoms with van der Waals surface area (Å²) in [6, 6.07) is 16.4. The molecule has 3 aromatic rings. The van der Waals surface area contributed by atoms with Gasteiger partial charge in [0.1, 0.15) is 0 Å². The molecule has 8 heteroatoms. The molecule has 2 N–H and O–H groups in total. The molecule has 31 heavy (non-hydrogen) atoms. The number of amides is 1. The summed E-state index contributed by atoms with van der Waals surface area (Å²) in [7, 11) is -0.831. The molecule has 0 bridgehead atoms. The van der Waals surface area contributed by atoms with E-state index in [1.54, 1.807) is 43.3 Å². The smallest absolute Gasteiger partial charge is 0.261 e. The third-order valence-electron chi connectivity index (χ3n) is 4.71. The van der Waals surface area contributed by atoms with Gasteiger partial charge in [0.2, 0.25) is 0 Å². The average molecular weight is 441 g/mol. The molecular formula is C23H24N2O5S. The van der Waals surface area contributed by atoms with E-state index in [4.69, 9.17) is 9.47 Å². The monoisotopic (exact) mass is 440 g/mol. The second-order valence-corrected chi connectivity index (χ2v) is 8.65. The van der Waals surface area contributed by atoms with Gasteiger partial charge in [0.15, 0.2) is 11.5 Å². The van der Waals surface area contributed by atoms with Crippen LogP contribution in [0.4, 0.5) is 11.4 Å². The Morgan fingerprint density at radius 1 is 0.806 bits per heavy atom. The van der Waals surface area contributed by atoms with Crippen molar-refractivity contribution in [2.45, 2.75) is 18.7 Å². The summed E-state index contributed by atoms with van der Waals surface area (Å²) in [6.07, 6.45) is 0. The Morgan fingerprint density at radius 3 is 2.10 bits per heavy atom. The standard InChI is InChI=1S/C23H24N2O5S/c1-15-5-8-17(9-6-15)25-31(27,28)19-11-7-16(2)20(14-19)23(26)24-18-10-12-21(29-3)22(13-18)30-4/h5-14,25H,1-4H3,(H,24,26). The van der Waals surface area contributed by atoms with Gasteiger partial charge in [-0.3, -0.25) is 9.52 Å². The maximum Gasteiger partial charge on any atom is 0.261 e. The molecule has 162 valence electrons. The summed E-state index contributed by atoms with van der Waals surface area (Å²) in [5.41, 5.74) is 2.86. The number of benzene rings is 3. The number of sulfonamides is 1. The second kappa shape index (κ2) is 9.09. The van der Waals surface area contributed by atoms with Crippen molar-refractivity contribution in [2.24, 2.45) is 0 Å². The molecule has 3 aromatic carbocycles. The van der Waals surface area contributed by atoms with E-state index in [-0.39, 0.29) is 10.5 Å². The highest BCUT2D eigenvalue weighted by Gasteiger charge is 2.19. The van der Waals surface area contributed by atoms with E-state index in [1.165, 1.54) is 26.4 Å². The Kier molecular flexibility index (Phi) is 6.50. The molecule has 0 spiro atoms. The van der Waals surface area contributed by atoms with Gasteiger partial charge >= 0.3 is 0 Å². The number of carbonyl (C=O) groups excluding carboxylic acids is 1. The normalized spacial score (nSPS) is 11.0. The van der Waals surface area contributed by atoms with E-state index in [1.807, 2.05) is 19.1 Å². The van der Waals surface area contributed by atoms with Crippen LogP contribution in [0.25, 0.3) is 0 Å². The molecule has 0 aliphatic heterocycles. The molecule has 0 aliphatic carbocycles. The number of carbonyl (C=O) groups is 1. The van der Waals surface area contributed by atoms with Crippen LogP contribution in [0.2, 0.25) is 0 Å². The van der Waals surface area contributed by atoms with Crippen molar-refractivity contribution in [3.05, 3.63) is 77.4 Å². The quantitative estimate of drug-likeness (QED) is 0.569. The van der Waals surface area contributed by atoms with Crippen molar-refractivity contribution in [3.63, 3.8) is 0 Å². The molecule has 0 heterocycles. The number of rotatable bonds is 7. The molecule has 0 aliphatic rings. The lowest BCUT2D eigenvalue weighted by atomic mass is 10.1. The highest BCUT2D eigenvalue weighted by atomic mass is 32.2. The predicted molar refractivity (Wildman–Crippen MR) is 121 cm³/mol. The van der Waals surface area contributed by atoms with Crippen LogP contribution < -0.4 is 19.5 Å². The van der Waals surface area contributed by atoms with E-state index >= 15 is 0 Å². The van der Waals surface area contributed by atoms with Gasteiger partial charge in [-0.05, 0) is 55.8 Å². The van der Waals surface area contributed by atoms with Gasteiger partial charge in [-0.1, -0.05) is 23.8 Å². The first kappa shape index (κ1) is 22.2. The Morgan fingerprint density at radius 2 is 1.45 bits per heavy atom. The number of anilines is 2. The van der Waals surface area contributed by atoms with Crippen molar-refractivity contribution >= 4 is 27.3 Å². The number of nitrogens with one attached hydrogen (secondary N) is 2. The average Bonchev–Trinajstić information content (AvgIpc) is 2.75. The number of methoxy groups -OCH3 is 2. The van der Waals surface area contributed by atoms with E-state index in [9.17, 15) is 13.2 Å². The van der Waals surface area contributed by atoms with Crippen LogP contribution in [-0.2, 0) is 10.0 Å².